The van der Waals surface area contributed by atoms with Gasteiger partial charge in [0, 0.05) is 12.2 Å². The number of ether oxygens (including phenoxy) is 2. The Morgan fingerprint density at radius 2 is 1.89 bits per heavy atom. The van der Waals surface area contributed by atoms with Gasteiger partial charge in [0.15, 0.2) is 5.54 Å². The minimum Gasteiger partial charge on any atom is -0.479 e. The number of alkyl carbamates (subject to hydrolysis) is 1. The summed E-state index contributed by atoms with van der Waals surface area (Å²) in [6, 6.07) is 7.93. The smallest absolute Gasteiger partial charge is 0.408 e. The highest BCUT2D eigenvalue weighted by atomic mass is 32.2. The number of hydrogen-bond acceptors (Lipinski definition) is 7. The van der Waals surface area contributed by atoms with E-state index in [-0.39, 0.29) is 11.8 Å². The number of esters is 1. The molecule has 28 heavy (non-hydrogen) atoms. The fourth-order valence-electron chi connectivity index (χ4n) is 2.91. The molecule has 0 spiro atoms. The number of aliphatic carboxylic acids is 1. The van der Waals surface area contributed by atoms with E-state index in [1.165, 1.54) is 18.9 Å². The first-order valence-corrected chi connectivity index (χ1v) is 9.88. The van der Waals surface area contributed by atoms with Crippen LogP contribution >= 0.6 is 11.8 Å². The van der Waals surface area contributed by atoms with Crippen LogP contribution in [0.3, 0.4) is 0 Å². The number of nitrogens with one attached hydrogen (secondary N) is 2. The first kappa shape index (κ1) is 22.0. The maximum atomic E-state index is 12.4. The molecule has 0 aromatic heterocycles. The van der Waals surface area contributed by atoms with Gasteiger partial charge in [0.2, 0.25) is 0 Å². The average Bonchev–Trinajstić information content (AvgIpc) is 3.07. The van der Waals surface area contributed by atoms with E-state index in [1.807, 2.05) is 0 Å². The summed E-state index contributed by atoms with van der Waals surface area (Å²) in [6.45, 7) is 5.10. The van der Waals surface area contributed by atoms with Gasteiger partial charge in [-0.15, -0.1) is 11.8 Å². The molecule has 0 saturated carbocycles. The maximum absolute atomic E-state index is 12.4. The van der Waals surface area contributed by atoms with E-state index in [2.05, 4.69) is 10.6 Å². The standard InChI is InChI=1S/C19H26N2O6S/c1-18(2,3)27-17(25)21-19(16(23)24,12-8-6-5-7-9-12)10-14-20-13(11-28-14)15(22)26-4/h5-9,13-14,20H,10-11H2,1-4H3,(H,21,25)(H,23,24). The molecule has 8 nitrogen and oxygen atoms in total. The summed E-state index contributed by atoms with van der Waals surface area (Å²) in [5.41, 5.74) is -2.09. The number of carboxylic acids is 1. The zero-order chi connectivity index (χ0) is 20.9. The van der Waals surface area contributed by atoms with Crippen LogP contribution in [0.5, 0.6) is 0 Å². The third-order valence-electron chi connectivity index (χ3n) is 4.17. The molecule has 1 aliphatic heterocycles. The Bertz CT molecular complexity index is 721. The molecular weight excluding hydrogens is 384 g/mol. The predicted octanol–water partition coefficient (Wildman–Crippen LogP) is 2.09. The number of carboxylic acid groups (broad SMARTS) is 1. The van der Waals surface area contributed by atoms with Gasteiger partial charge in [-0.3, -0.25) is 10.1 Å². The van der Waals surface area contributed by atoms with Crippen LogP contribution in [0.1, 0.15) is 32.8 Å². The van der Waals surface area contributed by atoms with E-state index in [0.717, 1.165) is 0 Å². The molecule has 0 radical (unpaired) electrons. The van der Waals surface area contributed by atoms with Crippen LogP contribution in [0.2, 0.25) is 0 Å². The molecule has 1 aromatic carbocycles. The van der Waals surface area contributed by atoms with E-state index in [4.69, 9.17) is 9.47 Å². The SMILES string of the molecule is COC(=O)C1CSC(CC(NC(=O)OC(C)(C)C)(C(=O)O)c2ccccc2)N1. The van der Waals surface area contributed by atoms with Crippen LogP contribution in [0, 0.1) is 0 Å². The van der Waals surface area contributed by atoms with Crippen molar-refractivity contribution in [2.45, 2.75) is 49.7 Å². The van der Waals surface area contributed by atoms with Gasteiger partial charge in [-0.1, -0.05) is 30.3 Å². The first-order chi connectivity index (χ1) is 13.1. The van der Waals surface area contributed by atoms with Crippen LogP contribution in [-0.4, -0.2) is 53.0 Å². The number of hydrogen-bond donors (Lipinski definition) is 3. The van der Waals surface area contributed by atoms with E-state index in [9.17, 15) is 19.5 Å². The van der Waals surface area contributed by atoms with Crippen molar-refractivity contribution in [1.82, 2.24) is 10.6 Å². The highest BCUT2D eigenvalue weighted by Crippen LogP contribution is 2.34. The number of amides is 1. The fraction of sp³-hybridized carbons (Fsp3) is 0.526. The summed E-state index contributed by atoms with van der Waals surface area (Å²) < 4.78 is 10.0. The number of benzene rings is 1. The Balaban J connectivity index is 2.31. The van der Waals surface area contributed by atoms with E-state index in [1.54, 1.807) is 51.1 Å². The summed E-state index contributed by atoms with van der Waals surface area (Å²) in [4.78, 5) is 36.6. The zero-order valence-electron chi connectivity index (χ0n) is 16.4. The minimum absolute atomic E-state index is 0.0176. The van der Waals surface area contributed by atoms with Crippen molar-refractivity contribution in [3.8, 4) is 0 Å². The zero-order valence-corrected chi connectivity index (χ0v) is 17.2. The molecule has 3 unspecified atom stereocenters. The average molecular weight is 410 g/mol. The Morgan fingerprint density at radius 3 is 2.43 bits per heavy atom. The molecule has 1 fully saturated rings. The van der Waals surface area contributed by atoms with Gasteiger partial charge in [0.05, 0.1) is 12.5 Å². The number of thioether (sulfide) groups is 1. The number of methoxy groups -OCH3 is 1. The van der Waals surface area contributed by atoms with Crippen LogP contribution in [0.25, 0.3) is 0 Å². The third kappa shape index (κ3) is 5.39. The molecule has 1 heterocycles. The second-order valence-corrected chi connectivity index (χ2v) is 8.71. The Morgan fingerprint density at radius 1 is 1.25 bits per heavy atom. The lowest BCUT2D eigenvalue weighted by Gasteiger charge is -2.34. The highest BCUT2D eigenvalue weighted by molar-refractivity contribution is 8.00. The Hall–Kier alpha value is -2.26. The molecule has 1 amide bonds. The molecule has 1 aromatic rings. The van der Waals surface area contributed by atoms with Crippen molar-refractivity contribution in [3.05, 3.63) is 35.9 Å². The largest absolute Gasteiger partial charge is 0.479 e. The second-order valence-electron chi connectivity index (χ2n) is 7.47. The monoisotopic (exact) mass is 410 g/mol. The molecule has 3 N–H and O–H groups in total. The van der Waals surface area contributed by atoms with Crippen molar-refractivity contribution >= 4 is 29.8 Å². The van der Waals surface area contributed by atoms with Crippen molar-refractivity contribution in [2.24, 2.45) is 0 Å². The summed E-state index contributed by atoms with van der Waals surface area (Å²) in [6.07, 6.45) is -0.810. The van der Waals surface area contributed by atoms with E-state index in [0.29, 0.717) is 11.3 Å². The topological polar surface area (TPSA) is 114 Å². The molecule has 9 heteroatoms. The predicted molar refractivity (Wildman–Crippen MR) is 105 cm³/mol. The van der Waals surface area contributed by atoms with Crippen molar-refractivity contribution in [1.29, 1.82) is 0 Å². The molecule has 1 aliphatic rings. The number of carbonyl (C=O) groups excluding carboxylic acids is 2. The normalized spacial score (nSPS) is 21.4. The van der Waals surface area contributed by atoms with Crippen LogP contribution in [0.15, 0.2) is 30.3 Å². The fourth-order valence-corrected chi connectivity index (χ4v) is 4.20. The Labute approximate surface area is 168 Å². The second kappa shape index (κ2) is 8.83. The van der Waals surface area contributed by atoms with Crippen LogP contribution < -0.4 is 10.6 Å². The summed E-state index contributed by atoms with van der Waals surface area (Å²) >= 11 is 1.41. The lowest BCUT2D eigenvalue weighted by atomic mass is 9.86. The molecule has 3 atom stereocenters. The minimum atomic E-state index is -1.72. The van der Waals surface area contributed by atoms with Gasteiger partial charge in [-0.2, -0.15) is 0 Å². The lowest BCUT2D eigenvalue weighted by Crippen LogP contribution is -2.55. The number of carbonyl (C=O) groups is 3. The van der Waals surface area contributed by atoms with Gasteiger partial charge in [0.25, 0.3) is 0 Å². The molecule has 0 aliphatic carbocycles. The molecular formula is C19H26N2O6S. The molecule has 0 bridgehead atoms. The van der Waals surface area contributed by atoms with Crippen LogP contribution in [-0.2, 0) is 24.6 Å². The Kier molecular flexibility index (Phi) is 6.95. The maximum Gasteiger partial charge on any atom is 0.408 e. The van der Waals surface area contributed by atoms with Gasteiger partial charge >= 0.3 is 18.0 Å². The molecule has 1 saturated heterocycles. The first-order valence-electron chi connectivity index (χ1n) is 8.83. The van der Waals surface area contributed by atoms with Gasteiger partial charge in [-0.25, -0.2) is 9.59 Å². The van der Waals surface area contributed by atoms with E-state index < -0.39 is 35.2 Å². The summed E-state index contributed by atoms with van der Waals surface area (Å²) in [5.74, 6) is -1.17. The van der Waals surface area contributed by atoms with Crippen LogP contribution in [0.4, 0.5) is 4.79 Å². The van der Waals surface area contributed by atoms with Crippen molar-refractivity contribution in [2.75, 3.05) is 12.9 Å². The van der Waals surface area contributed by atoms with E-state index >= 15 is 0 Å². The highest BCUT2D eigenvalue weighted by Gasteiger charge is 2.47. The van der Waals surface area contributed by atoms with Gasteiger partial charge < -0.3 is 19.9 Å². The number of rotatable bonds is 6. The summed E-state index contributed by atoms with van der Waals surface area (Å²) in [7, 11) is 1.30. The molecule has 154 valence electrons. The summed E-state index contributed by atoms with van der Waals surface area (Å²) in [5, 5.41) is 15.4. The van der Waals surface area contributed by atoms with Gasteiger partial charge in [0.1, 0.15) is 11.6 Å². The van der Waals surface area contributed by atoms with Crippen molar-refractivity contribution < 1.29 is 29.0 Å². The lowest BCUT2D eigenvalue weighted by molar-refractivity contribution is -0.145. The quantitative estimate of drug-likeness (QED) is 0.611. The molecule has 2 rings (SSSR count). The van der Waals surface area contributed by atoms with Crippen molar-refractivity contribution in [3.63, 3.8) is 0 Å². The third-order valence-corrected chi connectivity index (χ3v) is 5.41. The van der Waals surface area contributed by atoms with Gasteiger partial charge in [-0.05, 0) is 26.3 Å².